The Morgan fingerprint density at radius 3 is 2.56 bits per heavy atom. The van der Waals surface area contributed by atoms with Crippen molar-refractivity contribution in [2.75, 3.05) is 12.4 Å². The van der Waals surface area contributed by atoms with Crippen LogP contribution in [0.15, 0.2) is 42.5 Å². The molecule has 0 aliphatic heterocycles. The van der Waals surface area contributed by atoms with Gasteiger partial charge in [-0.3, -0.25) is 4.79 Å². The molecule has 1 atom stereocenters. The second-order valence-corrected chi connectivity index (χ2v) is 5.73. The second kappa shape index (κ2) is 8.33. The lowest BCUT2D eigenvalue weighted by atomic mass is 10.1. The van der Waals surface area contributed by atoms with Gasteiger partial charge in [0, 0.05) is 5.69 Å². The third-order valence-electron chi connectivity index (χ3n) is 3.94. The molecule has 0 saturated heterocycles. The lowest BCUT2D eigenvalue weighted by Gasteiger charge is -2.18. The van der Waals surface area contributed by atoms with E-state index in [0.29, 0.717) is 17.0 Å². The Labute approximate surface area is 148 Å². The summed E-state index contributed by atoms with van der Waals surface area (Å²) in [6, 6.07) is 12.7. The molecule has 0 fully saturated rings. The molecule has 2 aromatic rings. The number of rotatable bonds is 6. The fourth-order valence-corrected chi connectivity index (χ4v) is 2.39. The molecule has 2 aromatic carbocycles. The molecule has 0 spiro atoms. The van der Waals surface area contributed by atoms with Gasteiger partial charge in [-0.2, -0.15) is 0 Å². The number of nitrogens with one attached hydrogen (secondary N) is 1. The largest absolute Gasteiger partial charge is 0.481 e. The van der Waals surface area contributed by atoms with Crippen molar-refractivity contribution in [1.29, 1.82) is 0 Å². The third kappa shape index (κ3) is 4.59. The van der Waals surface area contributed by atoms with E-state index in [1.165, 1.54) is 7.11 Å². The lowest BCUT2D eigenvalue weighted by molar-refractivity contribution is -0.122. The highest BCUT2D eigenvalue weighted by molar-refractivity contribution is 5.97. The molecular formula is C20H23NO4. The van der Waals surface area contributed by atoms with Crippen molar-refractivity contribution in [1.82, 2.24) is 0 Å². The summed E-state index contributed by atoms with van der Waals surface area (Å²) >= 11 is 0. The van der Waals surface area contributed by atoms with Crippen LogP contribution in [0, 0.1) is 6.92 Å². The number of hydrogen-bond donors (Lipinski definition) is 1. The molecule has 0 aromatic heterocycles. The quantitative estimate of drug-likeness (QED) is 0.813. The highest BCUT2D eigenvalue weighted by atomic mass is 16.5. The first kappa shape index (κ1) is 18.5. The van der Waals surface area contributed by atoms with E-state index in [0.717, 1.165) is 17.5 Å². The normalized spacial score (nSPS) is 11.5. The molecule has 0 aliphatic carbocycles. The molecule has 5 nitrogen and oxygen atoms in total. The van der Waals surface area contributed by atoms with E-state index in [1.807, 2.05) is 38.1 Å². The van der Waals surface area contributed by atoms with Crippen molar-refractivity contribution in [3.05, 3.63) is 59.2 Å². The van der Waals surface area contributed by atoms with Crippen LogP contribution in [0.25, 0.3) is 0 Å². The van der Waals surface area contributed by atoms with Gasteiger partial charge in [-0.05, 0) is 49.6 Å². The summed E-state index contributed by atoms with van der Waals surface area (Å²) in [4.78, 5) is 24.1. The molecule has 132 valence electrons. The van der Waals surface area contributed by atoms with E-state index < -0.39 is 12.1 Å². The molecule has 0 unspecified atom stereocenters. The minimum Gasteiger partial charge on any atom is -0.481 e. The number of carbonyl (C=O) groups is 2. The number of methoxy groups -OCH3 is 1. The molecular weight excluding hydrogens is 318 g/mol. The number of para-hydroxylation sites is 1. The Kier molecular flexibility index (Phi) is 6.17. The number of hydrogen-bond acceptors (Lipinski definition) is 4. The van der Waals surface area contributed by atoms with Gasteiger partial charge < -0.3 is 14.8 Å². The molecule has 0 radical (unpaired) electrons. The van der Waals surface area contributed by atoms with Gasteiger partial charge in [-0.15, -0.1) is 0 Å². The maximum Gasteiger partial charge on any atom is 0.337 e. The summed E-state index contributed by atoms with van der Waals surface area (Å²) < 4.78 is 10.5. The zero-order chi connectivity index (χ0) is 18.4. The predicted octanol–water partition coefficient (Wildman–Crippen LogP) is 3.75. The lowest BCUT2D eigenvalue weighted by Crippen LogP contribution is -2.30. The van der Waals surface area contributed by atoms with E-state index in [2.05, 4.69) is 5.32 Å². The molecule has 0 bridgehead atoms. The van der Waals surface area contributed by atoms with Crippen LogP contribution < -0.4 is 10.1 Å². The summed E-state index contributed by atoms with van der Waals surface area (Å²) in [6.07, 6.45) is 0.152. The molecule has 1 amide bonds. The molecule has 0 saturated carbocycles. The van der Waals surface area contributed by atoms with Crippen LogP contribution in [0.2, 0.25) is 0 Å². The number of ether oxygens (including phenoxy) is 2. The first-order valence-corrected chi connectivity index (χ1v) is 8.20. The SMILES string of the molecule is CCc1ccccc1O[C@@H](C)C(=O)Nc1cc(C(=O)OC)ccc1C. The number of amides is 1. The summed E-state index contributed by atoms with van der Waals surface area (Å²) in [5, 5.41) is 2.82. The monoisotopic (exact) mass is 341 g/mol. The maximum atomic E-state index is 12.5. The Morgan fingerprint density at radius 2 is 1.88 bits per heavy atom. The van der Waals surface area contributed by atoms with Gasteiger partial charge in [0.1, 0.15) is 5.75 Å². The summed E-state index contributed by atoms with van der Waals surface area (Å²) in [5.41, 5.74) is 2.84. The first-order valence-electron chi connectivity index (χ1n) is 8.20. The fraction of sp³-hybridized carbons (Fsp3) is 0.300. The highest BCUT2D eigenvalue weighted by Crippen LogP contribution is 2.21. The Balaban J connectivity index is 2.12. The van der Waals surface area contributed by atoms with Crippen LogP contribution in [0.1, 0.15) is 35.3 Å². The average Bonchev–Trinajstić information content (AvgIpc) is 2.63. The maximum absolute atomic E-state index is 12.5. The molecule has 0 aliphatic rings. The van der Waals surface area contributed by atoms with Crippen LogP contribution in [0.4, 0.5) is 5.69 Å². The second-order valence-electron chi connectivity index (χ2n) is 5.73. The van der Waals surface area contributed by atoms with Gasteiger partial charge in [-0.1, -0.05) is 31.2 Å². The van der Waals surface area contributed by atoms with Gasteiger partial charge >= 0.3 is 5.97 Å². The van der Waals surface area contributed by atoms with Crippen molar-refractivity contribution in [3.63, 3.8) is 0 Å². The average molecular weight is 341 g/mol. The van der Waals surface area contributed by atoms with Crippen LogP contribution in [0.3, 0.4) is 0 Å². The van der Waals surface area contributed by atoms with Crippen molar-refractivity contribution in [3.8, 4) is 5.75 Å². The smallest absolute Gasteiger partial charge is 0.337 e. The zero-order valence-corrected chi connectivity index (χ0v) is 15.0. The Bertz CT molecular complexity index is 770. The van der Waals surface area contributed by atoms with Crippen LogP contribution >= 0.6 is 0 Å². The van der Waals surface area contributed by atoms with Crippen LogP contribution in [-0.4, -0.2) is 25.1 Å². The van der Waals surface area contributed by atoms with E-state index in [-0.39, 0.29) is 5.91 Å². The topological polar surface area (TPSA) is 64.6 Å². The Morgan fingerprint density at radius 1 is 1.16 bits per heavy atom. The molecule has 5 heteroatoms. The van der Waals surface area contributed by atoms with Gasteiger partial charge in [0.25, 0.3) is 5.91 Å². The Hall–Kier alpha value is -2.82. The number of anilines is 1. The predicted molar refractivity (Wildman–Crippen MR) is 97.1 cm³/mol. The number of aryl methyl sites for hydroxylation is 2. The zero-order valence-electron chi connectivity index (χ0n) is 15.0. The van der Waals surface area contributed by atoms with Gasteiger partial charge in [0.05, 0.1) is 12.7 Å². The van der Waals surface area contributed by atoms with E-state index in [4.69, 9.17) is 9.47 Å². The van der Waals surface area contributed by atoms with Crippen LogP contribution in [0.5, 0.6) is 5.75 Å². The van der Waals surface area contributed by atoms with Crippen molar-refractivity contribution in [2.45, 2.75) is 33.3 Å². The minimum absolute atomic E-state index is 0.281. The van der Waals surface area contributed by atoms with Gasteiger partial charge in [-0.25, -0.2) is 4.79 Å². The summed E-state index contributed by atoms with van der Waals surface area (Å²) in [6.45, 7) is 5.59. The fourth-order valence-electron chi connectivity index (χ4n) is 2.39. The highest BCUT2D eigenvalue weighted by Gasteiger charge is 2.18. The van der Waals surface area contributed by atoms with Gasteiger partial charge in [0.15, 0.2) is 6.10 Å². The van der Waals surface area contributed by atoms with E-state index in [9.17, 15) is 9.59 Å². The summed E-state index contributed by atoms with van der Waals surface area (Å²) in [7, 11) is 1.32. The molecule has 0 heterocycles. The van der Waals surface area contributed by atoms with E-state index >= 15 is 0 Å². The summed E-state index contributed by atoms with van der Waals surface area (Å²) in [5.74, 6) is -0.0274. The third-order valence-corrected chi connectivity index (χ3v) is 3.94. The van der Waals surface area contributed by atoms with E-state index in [1.54, 1.807) is 25.1 Å². The van der Waals surface area contributed by atoms with Crippen molar-refractivity contribution < 1.29 is 19.1 Å². The number of esters is 1. The van der Waals surface area contributed by atoms with Crippen molar-refractivity contribution in [2.24, 2.45) is 0 Å². The number of carbonyl (C=O) groups excluding carboxylic acids is 2. The molecule has 25 heavy (non-hydrogen) atoms. The van der Waals surface area contributed by atoms with Crippen molar-refractivity contribution >= 4 is 17.6 Å². The molecule has 2 rings (SSSR count). The number of benzene rings is 2. The minimum atomic E-state index is -0.672. The standard InChI is InChI=1S/C20H23NO4/c1-5-15-8-6-7-9-18(15)25-14(3)19(22)21-17-12-16(20(23)24-4)11-10-13(17)2/h6-12,14H,5H2,1-4H3,(H,21,22)/t14-/m0/s1. The van der Waals surface area contributed by atoms with Gasteiger partial charge in [0.2, 0.25) is 0 Å². The van der Waals surface area contributed by atoms with Crippen LogP contribution in [-0.2, 0) is 16.0 Å². The molecule has 1 N–H and O–H groups in total. The first-order chi connectivity index (χ1) is 12.0.